The van der Waals surface area contributed by atoms with E-state index in [0.717, 1.165) is 24.7 Å². The zero-order valence-corrected chi connectivity index (χ0v) is 14.8. The number of hydrogen-bond acceptors (Lipinski definition) is 3. The average molecular weight is 347 g/mol. The van der Waals surface area contributed by atoms with Crippen molar-refractivity contribution in [2.24, 2.45) is 0 Å². The van der Waals surface area contributed by atoms with Gasteiger partial charge in [0.25, 0.3) is 0 Å². The van der Waals surface area contributed by atoms with Crippen LogP contribution in [0.4, 0.5) is 5.69 Å². The highest BCUT2D eigenvalue weighted by atomic mass is 35.5. The number of carbonyl (C=O) groups excluding carboxylic acids is 1. The molecule has 1 aromatic carbocycles. The fraction of sp³-hybridized carbons (Fsp3) is 0.533. The van der Waals surface area contributed by atoms with Crippen molar-refractivity contribution in [1.29, 1.82) is 0 Å². The fourth-order valence-electron chi connectivity index (χ4n) is 1.92. The first kappa shape index (κ1) is 18.8. The Morgan fingerprint density at radius 2 is 2.05 bits per heavy atom. The second-order valence-corrected chi connectivity index (χ2v) is 7.54. The van der Waals surface area contributed by atoms with Gasteiger partial charge in [-0.15, -0.1) is 0 Å². The summed E-state index contributed by atoms with van der Waals surface area (Å²) < 4.78 is 25.1. The molecule has 1 amide bonds. The number of anilines is 1. The normalized spacial score (nSPS) is 11.3. The highest BCUT2D eigenvalue weighted by Crippen LogP contribution is 2.25. The van der Waals surface area contributed by atoms with E-state index in [1.165, 1.54) is 4.31 Å². The Hall–Kier alpha value is -1.27. The van der Waals surface area contributed by atoms with Gasteiger partial charge in [0.1, 0.15) is 0 Å². The first-order valence-corrected chi connectivity index (χ1v) is 9.49. The smallest absolute Gasteiger partial charge is 0.232 e. The van der Waals surface area contributed by atoms with E-state index in [0.29, 0.717) is 17.3 Å². The van der Waals surface area contributed by atoms with Gasteiger partial charge < -0.3 is 5.32 Å². The summed E-state index contributed by atoms with van der Waals surface area (Å²) in [5.74, 6) is -0.152. The molecule has 0 atom stereocenters. The molecule has 1 rings (SSSR count). The van der Waals surface area contributed by atoms with Gasteiger partial charge in [-0.25, -0.2) is 8.42 Å². The number of sulfonamides is 1. The Morgan fingerprint density at radius 3 is 2.59 bits per heavy atom. The van der Waals surface area contributed by atoms with Crippen molar-refractivity contribution in [2.45, 2.75) is 33.1 Å². The van der Waals surface area contributed by atoms with Crippen LogP contribution in [0.25, 0.3) is 0 Å². The molecule has 0 bridgehead atoms. The Balaban J connectivity index is 2.78. The van der Waals surface area contributed by atoms with Crippen LogP contribution >= 0.6 is 11.6 Å². The zero-order valence-electron chi connectivity index (χ0n) is 13.2. The molecular formula is C15H23ClN2O3S. The molecule has 0 aromatic heterocycles. The number of halogens is 1. The lowest BCUT2D eigenvalue weighted by molar-refractivity contribution is -0.120. The number of benzene rings is 1. The molecule has 0 aliphatic rings. The minimum Gasteiger partial charge on any atom is -0.356 e. The second-order valence-electron chi connectivity index (χ2n) is 5.22. The van der Waals surface area contributed by atoms with E-state index in [9.17, 15) is 13.2 Å². The molecule has 5 nitrogen and oxygen atoms in total. The van der Waals surface area contributed by atoms with Crippen LogP contribution in [-0.2, 0) is 14.8 Å². The number of amides is 1. The molecule has 0 aliphatic heterocycles. The van der Waals surface area contributed by atoms with Crippen LogP contribution in [0.5, 0.6) is 0 Å². The predicted octanol–water partition coefficient (Wildman–Crippen LogP) is 2.72. The predicted molar refractivity (Wildman–Crippen MR) is 90.9 cm³/mol. The minimum absolute atomic E-state index is 0.0934. The third kappa shape index (κ3) is 5.85. The monoisotopic (exact) mass is 346 g/mol. The molecule has 0 aliphatic carbocycles. The van der Waals surface area contributed by atoms with Crippen LogP contribution < -0.4 is 9.62 Å². The third-order valence-electron chi connectivity index (χ3n) is 3.24. The molecule has 22 heavy (non-hydrogen) atoms. The molecule has 7 heteroatoms. The second kappa shape index (κ2) is 8.39. The van der Waals surface area contributed by atoms with E-state index in [4.69, 9.17) is 11.6 Å². The number of nitrogens with one attached hydrogen (secondary N) is 1. The summed E-state index contributed by atoms with van der Waals surface area (Å²) in [6, 6.07) is 5.06. The molecule has 0 saturated carbocycles. The van der Waals surface area contributed by atoms with Crippen LogP contribution in [-0.4, -0.2) is 33.7 Å². The van der Waals surface area contributed by atoms with Crippen molar-refractivity contribution in [3.8, 4) is 0 Å². The van der Waals surface area contributed by atoms with Crippen LogP contribution in [0.1, 0.15) is 31.7 Å². The SMILES string of the molecule is CCCCNC(=O)CCN(c1ccc(C)c(Cl)c1)S(C)(=O)=O. The van der Waals surface area contributed by atoms with Crippen molar-refractivity contribution in [3.05, 3.63) is 28.8 Å². The first-order chi connectivity index (χ1) is 10.3. The molecule has 124 valence electrons. The number of rotatable bonds is 8. The van der Waals surface area contributed by atoms with E-state index >= 15 is 0 Å². The maximum absolute atomic E-state index is 12.0. The lowest BCUT2D eigenvalue weighted by atomic mass is 10.2. The lowest BCUT2D eigenvalue weighted by Gasteiger charge is -2.22. The number of nitrogens with zero attached hydrogens (tertiary/aromatic N) is 1. The van der Waals surface area contributed by atoms with E-state index in [2.05, 4.69) is 5.32 Å². The minimum atomic E-state index is -3.47. The summed E-state index contributed by atoms with van der Waals surface area (Å²) in [7, 11) is -3.47. The summed E-state index contributed by atoms with van der Waals surface area (Å²) in [4.78, 5) is 11.7. The number of hydrogen-bond donors (Lipinski definition) is 1. The van der Waals surface area contributed by atoms with Crippen LogP contribution in [0.2, 0.25) is 5.02 Å². The zero-order chi connectivity index (χ0) is 16.8. The molecule has 1 N–H and O–H groups in total. The standard InChI is InChI=1S/C15H23ClN2O3S/c1-4-5-9-17-15(19)8-10-18(22(3,20)21)13-7-6-12(2)14(16)11-13/h6-7,11H,4-5,8-10H2,1-3H3,(H,17,19). The third-order valence-corrected chi connectivity index (χ3v) is 4.84. The van der Waals surface area contributed by atoms with Gasteiger partial charge in [0.15, 0.2) is 0 Å². The largest absolute Gasteiger partial charge is 0.356 e. The van der Waals surface area contributed by atoms with Crippen LogP contribution in [0.3, 0.4) is 0 Å². The average Bonchev–Trinajstić information content (AvgIpc) is 2.41. The number of carbonyl (C=O) groups is 1. The molecule has 0 fully saturated rings. The van der Waals surface area contributed by atoms with E-state index in [1.807, 2.05) is 13.8 Å². The van der Waals surface area contributed by atoms with Crippen molar-refractivity contribution in [2.75, 3.05) is 23.7 Å². The van der Waals surface area contributed by atoms with Gasteiger partial charge in [-0.05, 0) is 31.0 Å². The maximum Gasteiger partial charge on any atom is 0.232 e. The summed E-state index contributed by atoms with van der Waals surface area (Å²) in [5.41, 5.74) is 1.34. The van der Waals surface area contributed by atoms with Gasteiger partial charge >= 0.3 is 0 Å². The maximum atomic E-state index is 12.0. The Morgan fingerprint density at radius 1 is 1.36 bits per heavy atom. The topological polar surface area (TPSA) is 66.5 Å². The molecule has 0 radical (unpaired) electrons. The fourth-order valence-corrected chi connectivity index (χ4v) is 3.01. The van der Waals surface area contributed by atoms with E-state index in [-0.39, 0.29) is 18.9 Å². The van der Waals surface area contributed by atoms with Gasteiger partial charge in [0.2, 0.25) is 15.9 Å². The van der Waals surface area contributed by atoms with Gasteiger partial charge in [0, 0.05) is 24.5 Å². The van der Waals surface area contributed by atoms with E-state index < -0.39 is 10.0 Å². The van der Waals surface area contributed by atoms with Gasteiger partial charge in [-0.1, -0.05) is 31.0 Å². The van der Waals surface area contributed by atoms with Crippen molar-refractivity contribution >= 4 is 33.2 Å². The highest BCUT2D eigenvalue weighted by Gasteiger charge is 2.19. The first-order valence-electron chi connectivity index (χ1n) is 7.26. The highest BCUT2D eigenvalue weighted by molar-refractivity contribution is 7.92. The Labute approximate surface area is 137 Å². The molecule has 0 unspecified atom stereocenters. The van der Waals surface area contributed by atoms with Gasteiger partial charge in [-0.3, -0.25) is 9.10 Å². The van der Waals surface area contributed by atoms with Crippen molar-refractivity contribution in [1.82, 2.24) is 5.32 Å². The van der Waals surface area contributed by atoms with Crippen molar-refractivity contribution < 1.29 is 13.2 Å². The Kier molecular flexibility index (Phi) is 7.16. The summed E-state index contributed by atoms with van der Waals surface area (Å²) in [6.45, 7) is 4.59. The molecule has 0 heterocycles. The lowest BCUT2D eigenvalue weighted by Crippen LogP contribution is -2.34. The quantitative estimate of drug-likeness (QED) is 0.736. The summed E-state index contributed by atoms with van der Waals surface area (Å²) in [5, 5.41) is 3.27. The number of unbranched alkanes of at least 4 members (excludes halogenated alkanes) is 1. The molecule has 0 spiro atoms. The molecule has 0 saturated heterocycles. The molecular weight excluding hydrogens is 324 g/mol. The number of aryl methyl sites for hydroxylation is 1. The Bertz CT molecular complexity index is 617. The van der Waals surface area contributed by atoms with Gasteiger partial charge in [0.05, 0.1) is 11.9 Å². The van der Waals surface area contributed by atoms with Crippen LogP contribution in [0, 0.1) is 6.92 Å². The molecule has 1 aromatic rings. The van der Waals surface area contributed by atoms with E-state index in [1.54, 1.807) is 18.2 Å². The van der Waals surface area contributed by atoms with Crippen molar-refractivity contribution in [3.63, 3.8) is 0 Å². The van der Waals surface area contributed by atoms with Gasteiger partial charge in [-0.2, -0.15) is 0 Å². The summed E-state index contributed by atoms with van der Waals surface area (Å²) in [6.07, 6.45) is 3.14. The van der Waals surface area contributed by atoms with Crippen LogP contribution in [0.15, 0.2) is 18.2 Å². The summed E-state index contributed by atoms with van der Waals surface area (Å²) >= 11 is 6.05.